The summed E-state index contributed by atoms with van der Waals surface area (Å²) in [5.41, 5.74) is 0.778. The van der Waals surface area contributed by atoms with E-state index >= 15 is 0 Å². The smallest absolute Gasteiger partial charge is 0.388 e. The second-order valence-electron chi connectivity index (χ2n) is 4.20. The van der Waals surface area contributed by atoms with Gasteiger partial charge in [0.2, 0.25) is 0 Å². The van der Waals surface area contributed by atoms with Crippen molar-refractivity contribution in [1.82, 2.24) is 9.78 Å². The highest BCUT2D eigenvalue weighted by Crippen LogP contribution is 2.29. The number of benzene rings is 1. The van der Waals surface area contributed by atoms with E-state index in [1.165, 1.54) is 4.68 Å². The van der Waals surface area contributed by atoms with E-state index in [0.29, 0.717) is 16.5 Å². The first-order valence-electron chi connectivity index (χ1n) is 5.87. The molecule has 108 valence electrons. The van der Waals surface area contributed by atoms with Crippen LogP contribution in [0.5, 0.6) is 5.75 Å². The molecule has 0 aliphatic rings. The number of nitrogens with zero attached hydrogens (tertiary/aromatic N) is 3. The SMILES string of the molecule is [C-]#[N+]/C(Oc1ccc(Cl)cc1)=C(/O)c1c(C)nn(C)c1Cl. The second kappa shape index (κ2) is 6.08. The summed E-state index contributed by atoms with van der Waals surface area (Å²) in [6.07, 6.45) is 0. The summed E-state index contributed by atoms with van der Waals surface area (Å²) in [7, 11) is 1.64. The number of aryl methyl sites for hydroxylation is 2. The predicted octanol–water partition coefficient (Wildman–Crippen LogP) is 4.22. The Morgan fingerprint density at radius 3 is 2.43 bits per heavy atom. The molecule has 0 radical (unpaired) electrons. The molecule has 0 aliphatic carbocycles. The second-order valence-corrected chi connectivity index (χ2v) is 4.99. The molecule has 0 unspecified atom stereocenters. The third-order valence-electron chi connectivity index (χ3n) is 2.72. The first-order chi connectivity index (χ1) is 9.93. The van der Waals surface area contributed by atoms with E-state index in [4.69, 9.17) is 34.5 Å². The Bertz CT molecular complexity index is 743. The van der Waals surface area contributed by atoms with Crippen LogP contribution < -0.4 is 4.74 Å². The number of hydrogen-bond acceptors (Lipinski definition) is 3. The molecule has 2 aromatic rings. The Balaban J connectivity index is 2.43. The van der Waals surface area contributed by atoms with E-state index in [2.05, 4.69) is 9.94 Å². The van der Waals surface area contributed by atoms with Gasteiger partial charge in [-0.15, -0.1) is 0 Å². The quantitative estimate of drug-likeness (QED) is 0.679. The van der Waals surface area contributed by atoms with Gasteiger partial charge in [0, 0.05) is 12.1 Å². The van der Waals surface area contributed by atoms with Gasteiger partial charge >= 0.3 is 5.88 Å². The molecule has 0 saturated heterocycles. The molecule has 1 aromatic heterocycles. The molecule has 0 spiro atoms. The van der Waals surface area contributed by atoms with E-state index in [9.17, 15) is 5.11 Å². The highest BCUT2D eigenvalue weighted by molar-refractivity contribution is 6.31. The monoisotopic (exact) mass is 323 g/mol. The lowest BCUT2D eigenvalue weighted by Gasteiger charge is -2.07. The van der Waals surface area contributed by atoms with Gasteiger partial charge in [-0.1, -0.05) is 23.2 Å². The minimum absolute atomic E-state index is 0.228. The van der Waals surface area contributed by atoms with Gasteiger partial charge in [0.1, 0.15) is 10.9 Å². The van der Waals surface area contributed by atoms with Crippen molar-refractivity contribution in [2.45, 2.75) is 6.92 Å². The molecule has 21 heavy (non-hydrogen) atoms. The summed E-state index contributed by atoms with van der Waals surface area (Å²) >= 11 is 11.8. The first kappa shape index (κ1) is 15.2. The van der Waals surface area contributed by atoms with Gasteiger partial charge in [-0.25, -0.2) is 0 Å². The molecule has 0 atom stereocenters. The molecular formula is C14H11Cl2N3O2. The van der Waals surface area contributed by atoms with Crippen molar-refractivity contribution in [3.8, 4) is 5.75 Å². The number of halogens is 2. The summed E-state index contributed by atoms with van der Waals surface area (Å²) in [5.74, 6) is -0.250. The maximum Gasteiger partial charge on any atom is 0.388 e. The van der Waals surface area contributed by atoms with E-state index in [1.54, 1.807) is 38.2 Å². The van der Waals surface area contributed by atoms with Crippen LogP contribution in [-0.2, 0) is 7.05 Å². The Kier molecular flexibility index (Phi) is 4.41. The average Bonchev–Trinajstić information content (AvgIpc) is 2.71. The number of aliphatic hydroxyl groups is 1. The zero-order chi connectivity index (χ0) is 15.6. The average molecular weight is 324 g/mol. The fourth-order valence-corrected chi connectivity index (χ4v) is 2.13. The number of aromatic nitrogens is 2. The minimum Gasteiger partial charge on any atom is -0.515 e. The number of hydrogen-bond donors (Lipinski definition) is 1. The van der Waals surface area contributed by atoms with Crippen molar-refractivity contribution in [2.24, 2.45) is 7.05 Å². The van der Waals surface area contributed by atoms with Crippen molar-refractivity contribution in [3.05, 3.63) is 63.0 Å². The number of aliphatic hydroxyl groups excluding tert-OH is 1. The normalized spacial score (nSPS) is 11.8. The van der Waals surface area contributed by atoms with Gasteiger partial charge in [-0.3, -0.25) is 4.68 Å². The summed E-state index contributed by atoms with van der Waals surface area (Å²) in [4.78, 5) is 3.20. The van der Waals surface area contributed by atoms with E-state index < -0.39 is 0 Å². The molecule has 1 aromatic carbocycles. The van der Waals surface area contributed by atoms with Crippen molar-refractivity contribution in [1.29, 1.82) is 0 Å². The van der Waals surface area contributed by atoms with Crippen LogP contribution in [0.2, 0.25) is 10.2 Å². The maximum absolute atomic E-state index is 10.2. The highest BCUT2D eigenvalue weighted by atomic mass is 35.5. The molecule has 0 saturated carbocycles. The van der Waals surface area contributed by atoms with Crippen molar-refractivity contribution in [2.75, 3.05) is 0 Å². The summed E-state index contributed by atoms with van der Waals surface area (Å²) in [6.45, 7) is 8.85. The number of ether oxygens (including phenoxy) is 1. The zero-order valence-electron chi connectivity index (χ0n) is 11.3. The third kappa shape index (κ3) is 3.13. The fraction of sp³-hybridized carbons (Fsp3) is 0.143. The lowest BCUT2D eigenvalue weighted by molar-refractivity contribution is 0.408. The Hall–Kier alpha value is -2.16. The number of rotatable bonds is 3. The van der Waals surface area contributed by atoms with Crippen LogP contribution in [0.4, 0.5) is 0 Å². The maximum atomic E-state index is 10.2. The Labute approximate surface area is 131 Å². The third-order valence-corrected chi connectivity index (χ3v) is 3.41. The van der Waals surface area contributed by atoms with Crippen LogP contribution in [0.1, 0.15) is 11.3 Å². The van der Waals surface area contributed by atoms with Gasteiger partial charge in [-0.05, 0) is 31.2 Å². The summed E-state index contributed by atoms with van der Waals surface area (Å²) in [6, 6.07) is 6.44. The Morgan fingerprint density at radius 2 is 1.95 bits per heavy atom. The topological polar surface area (TPSA) is 51.6 Å². The molecular weight excluding hydrogens is 313 g/mol. The van der Waals surface area contributed by atoms with E-state index in [0.717, 1.165) is 0 Å². The van der Waals surface area contributed by atoms with Gasteiger partial charge < -0.3 is 9.84 Å². The van der Waals surface area contributed by atoms with Gasteiger partial charge in [0.15, 0.2) is 5.76 Å². The molecule has 0 aliphatic heterocycles. The fourth-order valence-electron chi connectivity index (χ4n) is 1.74. The molecule has 5 nitrogen and oxygen atoms in total. The van der Waals surface area contributed by atoms with E-state index in [1.807, 2.05) is 0 Å². The van der Waals surface area contributed by atoms with Crippen molar-refractivity contribution < 1.29 is 9.84 Å². The highest BCUT2D eigenvalue weighted by Gasteiger charge is 2.20. The molecule has 0 bridgehead atoms. The summed E-state index contributed by atoms with van der Waals surface area (Å²) < 4.78 is 6.78. The molecule has 0 fully saturated rings. The van der Waals surface area contributed by atoms with Crippen LogP contribution in [0.15, 0.2) is 30.1 Å². The molecule has 2 rings (SSSR count). The Morgan fingerprint density at radius 1 is 1.33 bits per heavy atom. The molecule has 1 N–H and O–H groups in total. The van der Waals surface area contributed by atoms with Gasteiger partial charge in [0.25, 0.3) is 0 Å². The lowest BCUT2D eigenvalue weighted by atomic mass is 10.2. The molecule has 7 heteroatoms. The van der Waals surface area contributed by atoms with Gasteiger partial charge in [-0.2, -0.15) is 9.94 Å². The first-order valence-corrected chi connectivity index (χ1v) is 6.63. The van der Waals surface area contributed by atoms with Crippen LogP contribution >= 0.6 is 23.2 Å². The largest absolute Gasteiger partial charge is 0.515 e. The van der Waals surface area contributed by atoms with Crippen LogP contribution in [-0.4, -0.2) is 14.9 Å². The van der Waals surface area contributed by atoms with Crippen molar-refractivity contribution in [3.63, 3.8) is 0 Å². The summed E-state index contributed by atoms with van der Waals surface area (Å²) in [5, 5.41) is 15.1. The van der Waals surface area contributed by atoms with Gasteiger partial charge in [0.05, 0.1) is 17.8 Å². The van der Waals surface area contributed by atoms with E-state index in [-0.39, 0.29) is 22.4 Å². The molecule has 0 amide bonds. The molecule has 1 heterocycles. The van der Waals surface area contributed by atoms with Crippen molar-refractivity contribution >= 4 is 29.0 Å². The minimum atomic E-state index is -0.351. The van der Waals surface area contributed by atoms with Crippen LogP contribution in [0.25, 0.3) is 10.6 Å². The van der Waals surface area contributed by atoms with Crippen LogP contribution in [0, 0.1) is 13.5 Å². The lowest BCUT2D eigenvalue weighted by Crippen LogP contribution is -1.98. The zero-order valence-corrected chi connectivity index (χ0v) is 12.8. The van der Waals surface area contributed by atoms with Crippen LogP contribution in [0.3, 0.4) is 0 Å². The predicted molar refractivity (Wildman–Crippen MR) is 81.2 cm³/mol. The standard InChI is InChI=1S/C14H11Cl2N3O2/c1-8-11(13(16)19(3)18-8)12(20)14(17-2)21-10-6-4-9(15)5-7-10/h4-7,20H,1,3H3/b14-12-.